The van der Waals surface area contributed by atoms with Crippen LogP contribution in [-0.2, 0) is 0 Å². The minimum atomic E-state index is 0.793. The molecule has 1 N–H and O–H groups in total. The van der Waals surface area contributed by atoms with Crippen LogP contribution in [0.15, 0.2) is 0 Å². The van der Waals surface area contributed by atoms with E-state index in [1.807, 2.05) is 6.92 Å². The monoisotopic (exact) mass is 192 g/mol. The highest BCUT2D eigenvalue weighted by molar-refractivity contribution is 4.98. The van der Waals surface area contributed by atoms with Gasteiger partial charge in [-0.1, -0.05) is 0 Å². The molecule has 2 aliphatic rings. The molecule has 2 unspecified atom stereocenters. The average molecular weight is 192 g/mol. The van der Waals surface area contributed by atoms with Crippen molar-refractivity contribution in [3.05, 3.63) is 0 Å². The van der Waals surface area contributed by atoms with E-state index >= 15 is 0 Å². The zero-order valence-corrected chi connectivity index (χ0v) is 9.05. The van der Waals surface area contributed by atoms with Crippen LogP contribution < -0.4 is 5.32 Å². The number of hydrogen-bond acceptors (Lipinski definition) is 2. The van der Waals surface area contributed by atoms with Gasteiger partial charge in [0.2, 0.25) is 0 Å². The van der Waals surface area contributed by atoms with Crippen LogP contribution in [-0.4, -0.2) is 36.6 Å². The Morgan fingerprint density at radius 1 is 1.29 bits per heavy atom. The highest BCUT2D eigenvalue weighted by Gasteiger charge is 2.33. The fourth-order valence-corrected chi connectivity index (χ4v) is 2.76. The van der Waals surface area contributed by atoms with Gasteiger partial charge < -0.3 is 5.32 Å². The smallest absolute Gasteiger partial charge is 0.0224 e. The third-order valence-electron chi connectivity index (χ3n) is 3.48. The summed E-state index contributed by atoms with van der Waals surface area (Å²) in [6.07, 6.45) is 5.17. The maximum absolute atomic E-state index is 3.52. The summed E-state index contributed by atoms with van der Waals surface area (Å²) in [5, 5.41) is 3.52. The fraction of sp³-hybridized carbons (Fsp3) is 0.833. The normalized spacial score (nSPS) is 32.1. The van der Waals surface area contributed by atoms with Crippen LogP contribution in [0.25, 0.3) is 0 Å². The van der Waals surface area contributed by atoms with Crippen molar-refractivity contribution in [2.24, 2.45) is 0 Å². The maximum Gasteiger partial charge on any atom is 0.0224 e. The summed E-state index contributed by atoms with van der Waals surface area (Å²) in [4.78, 5) is 2.68. The van der Waals surface area contributed by atoms with E-state index in [4.69, 9.17) is 0 Å². The molecule has 2 rings (SSSR count). The van der Waals surface area contributed by atoms with Crippen LogP contribution in [0.3, 0.4) is 0 Å². The van der Waals surface area contributed by atoms with Gasteiger partial charge in [-0.25, -0.2) is 0 Å². The van der Waals surface area contributed by atoms with Crippen LogP contribution in [0.4, 0.5) is 0 Å². The third-order valence-corrected chi connectivity index (χ3v) is 3.48. The first-order valence-corrected chi connectivity index (χ1v) is 5.78. The molecule has 0 amide bonds. The lowest BCUT2D eigenvalue weighted by Crippen LogP contribution is -2.38. The number of nitrogens with one attached hydrogen (secondary N) is 1. The molecule has 2 heterocycles. The Kier molecular flexibility index (Phi) is 3.44. The fourth-order valence-electron chi connectivity index (χ4n) is 2.76. The predicted molar refractivity (Wildman–Crippen MR) is 59.1 cm³/mol. The summed E-state index contributed by atoms with van der Waals surface area (Å²) < 4.78 is 0. The van der Waals surface area contributed by atoms with E-state index in [0.29, 0.717) is 0 Å². The molecule has 2 saturated heterocycles. The molecule has 2 bridgehead atoms. The molecule has 0 radical (unpaired) electrons. The van der Waals surface area contributed by atoms with Gasteiger partial charge in [0.25, 0.3) is 0 Å². The molecule has 0 saturated carbocycles. The molecule has 0 aromatic heterocycles. The summed E-state index contributed by atoms with van der Waals surface area (Å²) in [5.41, 5.74) is 0. The van der Waals surface area contributed by atoms with Crippen LogP contribution in [0.1, 0.15) is 32.6 Å². The minimum Gasteiger partial charge on any atom is -0.315 e. The molecule has 0 aliphatic carbocycles. The Morgan fingerprint density at radius 2 is 2.14 bits per heavy atom. The molecule has 0 spiro atoms. The van der Waals surface area contributed by atoms with Gasteiger partial charge in [0.05, 0.1) is 0 Å². The second-order valence-electron chi connectivity index (χ2n) is 4.29. The van der Waals surface area contributed by atoms with Crippen molar-refractivity contribution in [3.8, 4) is 11.8 Å². The van der Waals surface area contributed by atoms with E-state index in [2.05, 4.69) is 22.1 Å². The Hall–Kier alpha value is -0.520. The van der Waals surface area contributed by atoms with E-state index in [-0.39, 0.29) is 0 Å². The van der Waals surface area contributed by atoms with Gasteiger partial charge >= 0.3 is 0 Å². The van der Waals surface area contributed by atoms with Crippen molar-refractivity contribution in [1.82, 2.24) is 10.2 Å². The number of hydrogen-bond donors (Lipinski definition) is 1. The molecule has 2 atom stereocenters. The van der Waals surface area contributed by atoms with Crippen molar-refractivity contribution in [3.63, 3.8) is 0 Å². The van der Waals surface area contributed by atoms with E-state index < -0.39 is 0 Å². The number of rotatable bonds is 2. The van der Waals surface area contributed by atoms with Gasteiger partial charge in [-0.15, -0.1) is 11.8 Å². The topological polar surface area (TPSA) is 15.3 Å². The van der Waals surface area contributed by atoms with Crippen molar-refractivity contribution >= 4 is 0 Å². The molecule has 78 valence electrons. The standard InChI is InChI=1S/C12H20N2/c1-2-3-4-9-14-11-5-6-12(14)10-13-8-7-11/h11-13H,4-10H2,1H3. The SMILES string of the molecule is CC#CCCN1C2CCNCC1CC2. The summed E-state index contributed by atoms with van der Waals surface area (Å²) in [6, 6.07) is 1.63. The molecule has 2 fully saturated rings. The van der Waals surface area contributed by atoms with Gasteiger partial charge in [-0.2, -0.15) is 0 Å². The van der Waals surface area contributed by atoms with E-state index in [1.54, 1.807) is 0 Å². The lowest BCUT2D eigenvalue weighted by molar-refractivity contribution is 0.207. The van der Waals surface area contributed by atoms with Gasteiger partial charge in [-0.05, 0) is 32.7 Å². The quantitative estimate of drug-likeness (QED) is 0.662. The predicted octanol–water partition coefficient (Wildman–Crippen LogP) is 1.23. The Labute approximate surface area is 87.1 Å². The van der Waals surface area contributed by atoms with Gasteiger partial charge in [0, 0.05) is 31.6 Å². The molecule has 0 aromatic carbocycles. The first-order chi connectivity index (χ1) is 6.92. The molecule has 2 aliphatic heterocycles. The lowest BCUT2D eigenvalue weighted by atomic mass is 10.1. The van der Waals surface area contributed by atoms with Crippen molar-refractivity contribution in [2.45, 2.75) is 44.7 Å². The zero-order chi connectivity index (χ0) is 9.80. The summed E-state index contributed by atoms with van der Waals surface area (Å²) in [7, 11) is 0. The summed E-state index contributed by atoms with van der Waals surface area (Å²) in [6.45, 7) is 5.50. The van der Waals surface area contributed by atoms with Crippen molar-refractivity contribution in [1.29, 1.82) is 0 Å². The lowest BCUT2D eigenvalue weighted by Gasteiger charge is -2.26. The summed E-state index contributed by atoms with van der Waals surface area (Å²) >= 11 is 0. The van der Waals surface area contributed by atoms with Crippen LogP contribution in [0, 0.1) is 11.8 Å². The molecular formula is C12H20N2. The number of fused-ring (bicyclic) bond motifs is 2. The maximum atomic E-state index is 3.52. The third kappa shape index (κ3) is 2.10. The van der Waals surface area contributed by atoms with E-state index in [9.17, 15) is 0 Å². The molecule has 2 nitrogen and oxygen atoms in total. The number of nitrogens with zero attached hydrogens (tertiary/aromatic N) is 1. The average Bonchev–Trinajstić information content (AvgIpc) is 2.41. The second kappa shape index (κ2) is 4.82. The molecule has 14 heavy (non-hydrogen) atoms. The molecule has 2 heteroatoms. The van der Waals surface area contributed by atoms with Crippen LogP contribution in [0.5, 0.6) is 0 Å². The first kappa shape index (κ1) is 10.0. The summed E-state index contributed by atoms with van der Waals surface area (Å²) in [5.74, 6) is 6.15. The first-order valence-electron chi connectivity index (χ1n) is 5.78. The van der Waals surface area contributed by atoms with Crippen LogP contribution in [0.2, 0.25) is 0 Å². The Morgan fingerprint density at radius 3 is 3.00 bits per heavy atom. The Bertz CT molecular complexity index is 224. The largest absolute Gasteiger partial charge is 0.315 e. The second-order valence-corrected chi connectivity index (χ2v) is 4.29. The highest BCUT2D eigenvalue weighted by atomic mass is 15.2. The molecular weight excluding hydrogens is 172 g/mol. The minimum absolute atomic E-state index is 0.793. The van der Waals surface area contributed by atoms with E-state index in [1.165, 1.54) is 38.9 Å². The molecule has 0 aromatic rings. The zero-order valence-electron chi connectivity index (χ0n) is 9.05. The Balaban J connectivity index is 1.91. The van der Waals surface area contributed by atoms with Gasteiger partial charge in [0.1, 0.15) is 0 Å². The van der Waals surface area contributed by atoms with Gasteiger partial charge in [-0.3, -0.25) is 4.90 Å². The van der Waals surface area contributed by atoms with E-state index in [0.717, 1.165) is 18.5 Å². The van der Waals surface area contributed by atoms with Crippen molar-refractivity contribution in [2.75, 3.05) is 19.6 Å². The van der Waals surface area contributed by atoms with Crippen molar-refractivity contribution < 1.29 is 0 Å². The van der Waals surface area contributed by atoms with Gasteiger partial charge in [0.15, 0.2) is 0 Å². The highest BCUT2D eigenvalue weighted by Crippen LogP contribution is 2.27. The van der Waals surface area contributed by atoms with Crippen LogP contribution >= 0.6 is 0 Å².